The van der Waals surface area contributed by atoms with Crippen LogP contribution >= 0.6 is 15.9 Å². The summed E-state index contributed by atoms with van der Waals surface area (Å²) < 4.78 is 1.60. The zero-order valence-corrected chi connectivity index (χ0v) is 19.1. The van der Waals surface area contributed by atoms with Crippen LogP contribution in [0.1, 0.15) is 39.2 Å². The number of nitrogens with one attached hydrogen (secondary N) is 2. The molecule has 8 heteroatoms. The number of carbonyl (C=O) groups excluding carboxylic acids is 1. The molecule has 0 spiro atoms. The highest BCUT2D eigenvalue weighted by Gasteiger charge is 2.56. The maximum absolute atomic E-state index is 12.7. The van der Waals surface area contributed by atoms with Crippen molar-refractivity contribution in [2.45, 2.75) is 52.7 Å². The highest BCUT2D eigenvalue weighted by Crippen LogP contribution is 2.61. The first-order valence-corrected chi connectivity index (χ1v) is 11.2. The number of aromatic nitrogens is 3. The summed E-state index contributed by atoms with van der Waals surface area (Å²) in [6, 6.07) is 4.00. The summed E-state index contributed by atoms with van der Waals surface area (Å²) in [5.74, 6) is 1.72. The molecule has 2 heterocycles. The van der Waals surface area contributed by atoms with Crippen molar-refractivity contribution in [2.24, 2.45) is 23.2 Å². The summed E-state index contributed by atoms with van der Waals surface area (Å²) in [4.78, 5) is 28.9. The van der Waals surface area contributed by atoms with E-state index in [0.29, 0.717) is 40.0 Å². The number of pyridine rings is 1. The summed E-state index contributed by atoms with van der Waals surface area (Å²) in [6.45, 7) is 7.30. The van der Waals surface area contributed by atoms with Crippen LogP contribution in [0.25, 0.3) is 0 Å². The average molecular weight is 474 g/mol. The SMILES string of the molecule is CC1C(Nc2cnn(CC(=O)NCc3ccncc3)c(=O)c2Br)CC2CC1C2(C)C. The van der Waals surface area contributed by atoms with Crippen LogP contribution in [-0.2, 0) is 17.9 Å². The molecule has 2 bridgehead atoms. The summed E-state index contributed by atoms with van der Waals surface area (Å²) in [6.07, 6.45) is 7.40. The first-order valence-electron chi connectivity index (χ1n) is 10.4. The molecule has 7 nitrogen and oxygen atoms in total. The van der Waals surface area contributed by atoms with E-state index in [1.165, 1.54) is 11.1 Å². The summed E-state index contributed by atoms with van der Waals surface area (Å²) in [5.41, 5.74) is 1.75. The first kappa shape index (κ1) is 21.0. The standard InChI is InChI=1S/C22H28BrN5O2/c1-13-16-8-15(22(16,2)3)9-17(13)27-18-11-26-28(21(30)20(18)23)12-19(29)25-10-14-4-6-24-7-5-14/h4-7,11,13,15-17,27H,8-10,12H2,1-3H3,(H,25,29). The topological polar surface area (TPSA) is 88.9 Å². The van der Waals surface area contributed by atoms with E-state index in [0.717, 1.165) is 17.9 Å². The molecule has 2 aromatic rings. The van der Waals surface area contributed by atoms with Crippen molar-refractivity contribution in [3.8, 4) is 0 Å². The Hall–Kier alpha value is -2.22. The zero-order valence-electron chi connectivity index (χ0n) is 17.6. The van der Waals surface area contributed by atoms with Crippen molar-refractivity contribution in [3.63, 3.8) is 0 Å². The van der Waals surface area contributed by atoms with Gasteiger partial charge in [-0.15, -0.1) is 0 Å². The van der Waals surface area contributed by atoms with Crippen LogP contribution in [0.3, 0.4) is 0 Å². The smallest absolute Gasteiger partial charge is 0.283 e. The van der Waals surface area contributed by atoms with Gasteiger partial charge < -0.3 is 10.6 Å². The molecule has 0 radical (unpaired) electrons. The molecule has 3 fully saturated rings. The van der Waals surface area contributed by atoms with Crippen LogP contribution in [0.2, 0.25) is 0 Å². The minimum Gasteiger partial charge on any atom is -0.380 e. The van der Waals surface area contributed by atoms with Crippen molar-refractivity contribution in [3.05, 3.63) is 51.1 Å². The number of nitrogens with zero attached hydrogens (tertiary/aromatic N) is 3. The van der Waals surface area contributed by atoms with E-state index in [-0.39, 0.29) is 18.0 Å². The second kappa shape index (κ2) is 8.13. The maximum atomic E-state index is 12.7. The third-order valence-corrected chi connectivity index (χ3v) is 7.98. The van der Waals surface area contributed by atoms with Gasteiger partial charge in [0.1, 0.15) is 11.0 Å². The Morgan fingerprint density at radius 1 is 1.30 bits per heavy atom. The quantitative estimate of drug-likeness (QED) is 0.672. The third kappa shape index (κ3) is 3.89. The molecule has 3 saturated carbocycles. The number of hydrogen-bond acceptors (Lipinski definition) is 5. The van der Waals surface area contributed by atoms with Crippen LogP contribution in [0.5, 0.6) is 0 Å². The molecule has 160 valence electrons. The lowest BCUT2D eigenvalue weighted by Crippen LogP contribution is -2.58. The summed E-state index contributed by atoms with van der Waals surface area (Å²) in [7, 11) is 0. The van der Waals surface area contributed by atoms with E-state index in [4.69, 9.17) is 0 Å². The van der Waals surface area contributed by atoms with E-state index in [1.54, 1.807) is 18.6 Å². The van der Waals surface area contributed by atoms with Crippen LogP contribution in [0.4, 0.5) is 5.69 Å². The lowest BCUT2D eigenvalue weighted by molar-refractivity contribution is -0.122. The van der Waals surface area contributed by atoms with Crippen molar-refractivity contribution in [1.82, 2.24) is 20.1 Å². The van der Waals surface area contributed by atoms with Crippen LogP contribution < -0.4 is 16.2 Å². The number of anilines is 1. The molecule has 4 unspecified atom stereocenters. The highest BCUT2D eigenvalue weighted by molar-refractivity contribution is 9.10. The Bertz CT molecular complexity index is 991. The van der Waals surface area contributed by atoms with Crippen molar-refractivity contribution < 1.29 is 4.79 Å². The van der Waals surface area contributed by atoms with Crippen LogP contribution in [0, 0.1) is 23.2 Å². The van der Waals surface area contributed by atoms with Gasteiger partial charge in [0.15, 0.2) is 0 Å². The fraction of sp³-hybridized carbons (Fsp3) is 0.545. The van der Waals surface area contributed by atoms with Gasteiger partial charge in [0.25, 0.3) is 5.56 Å². The van der Waals surface area contributed by atoms with E-state index in [1.807, 2.05) is 12.1 Å². The second-order valence-electron chi connectivity index (χ2n) is 9.17. The Morgan fingerprint density at radius 2 is 2.03 bits per heavy atom. The van der Waals surface area contributed by atoms with Gasteiger partial charge in [-0.1, -0.05) is 20.8 Å². The van der Waals surface area contributed by atoms with Crippen LogP contribution in [-0.4, -0.2) is 26.7 Å². The average Bonchev–Trinajstić information content (AvgIpc) is 2.73. The Balaban J connectivity index is 1.39. The predicted molar refractivity (Wildman–Crippen MR) is 119 cm³/mol. The molecule has 1 amide bonds. The molecule has 3 aliphatic carbocycles. The Kier molecular flexibility index (Phi) is 5.70. The fourth-order valence-corrected chi connectivity index (χ4v) is 5.53. The third-order valence-electron chi connectivity index (χ3n) is 7.21. The predicted octanol–water partition coefficient (Wildman–Crippen LogP) is 3.20. The molecular weight excluding hydrogens is 446 g/mol. The zero-order chi connectivity index (χ0) is 21.5. The van der Waals surface area contributed by atoms with Gasteiger partial charge >= 0.3 is 0 Å². The minimum absolute atomic E-state index is 0.124. The number of carbonyl (C=O) groups is 1. The summed E-state index contributed by atoms with van der Waals surface area (Å²) >= 11 is 3.42. The number of halogens is 1. The van der Waals surface area contributed by atoms with Crippen molar-refractivity contribution in [1.29, 1.82) is 0 Å². The van der Waals surface area contributed by atoms with Crippen molar-refractivity contribution in [2.75, 3.05) is 5.32 Å². The molecule has 2 N–H and O–H groups in total. The fourth-order valence-electron chi connectivity index (χ4n) is 5.11. The summed E-state index contributed by atoms with van der Waals surface area (Å²) in [5, 5.41) is 10.6. The second-order valence-corrected chi connectivity index (χ2v) is 9.97. The normalized spacial score (nSPS) is 26.5. The van der Waals surface area contributed by atoms with E-state index < -0.39 is 0 Å². The highest BCUT2D eigenvalue weighted by atomic mass is 79.9. The van der Waals surface area contributed by atoms with Gasteiger partial charge in [-0.2, -0.15) is 5.10 Å². The monoisotopic (exact) mass is 473 g/mol. The molecule has 2 aromatic heterocycles. The van der Waals surface area contributed by atoms with Gasteiger partial charge in [-0.05, 0) is 69.6 Å². The van der Waals surface area contributed by atoms with Gasteiger partial charge in [0.05, 0.1) is 11.9 Å². The van der Waals surface area contributed by atoms with Gasteiger partial charge in [0, 0.05) is 25.0 Å². The van der Waals surface area contributed by atoms with E-state index >= 15 is 0 Å². The molecule has 4 atom stereocenters. The number of hydrogen-bond donors (Lipinski definition) is 2. The molecule has 30 heavy (non-hydrogen) atoms. The number of amides is 1. The molecule has 3 aliphatic rings. The number of fused-ring (bicyclic) bond motifs is 2. The van der Waals surface area contributed by atoms with Crippen LogP contribution in [0.15, 0.2) is 40.0 Å². The largest absolute Gasteiger partial charge is 0.380 e. The lowest BCUT2D eigenvalue weighted by Gasteiger charge is -2.62. The molecular formula is C22H28BrN5O2. The maximum Gasteiger partial charge on any atom is 0.283 e. The number of rotatable bonds is 6. The van der Waals surface area contributed by atoms with Crippen molar-refractivity contribution >= 4 is 27.5 Å². The Morgan fingerprint density at radius 3 is 2.70 bits per heavy atom. The first-order chi connectivity index (χ1) is 14.3. The van der Waals surface area contributed by atoms with E-state index in [2.05, 4.69) is 57.4 Å². The lowest BCUT2D eigenvalue weighted by atomic mass is 9.45. The van der Waals surface area contributed by atoms with Gasteiger partial charge in [-0.3, -0.25) is 14.6 Å². The van der Waals surface area contributed by atoms with Gasteiger partial charge in [-0.25, -0.2) is 4.68 Å². The van der Waals surface area contributed by atoms with Gasteiger partial charge in [0.2, 0.25) is 5.91 Å². The Labute approximate surface area is 184 Å². The molecule has 5 rings (SSSR count). The molecule has 0 aliphatic heterocycles. The molecule has 0 aromatic carbocycles. The van der Waals surface area contributed by atoms with E-state index in [9.17, 15) is 9.59 Å². The molecule has 0 saturated heterocycles. The minimum atomic E-state index is -0.312.